The summed E-state index contributed by atoms with van der Waals surface area (Å²) in [5, 5.41) is 3.91. The van der Waals surface area contributed by atoms with Gasteiger partial charge in [0.05, 0.1) is 7.11 Å². The Morgan fingerprint density at radius 1 is 1.05 bits per heavy atom. The van der Waals surface area contributed by atoms with Gasteiger partial charge < -0.3 is 4.74 Å². The molecular formula is C14H9F3OS. The molecule has 0 N–H and O–H groups in total. The Labute approximate surface area is 112 Å². The third-order valence-corrected chi connectivity index (χ3v) is 2.85. The lowest BCUT2D eigenvalue weighted by atomic mass is 10.1. The first-order chi connectivity index (χ1) is 8.98. The first kappa shape index (κ1) is 13.6. The number of ether oxygens (including phenoxy) is 1. The molecule has 1 nitrogen and oxygen atoms in total. The van der Waals surface area contributed by atoms with E-state index in [0.29, 0.717) is 5.56 Å². The molecule has 19 heavy (non-hydrogen) atoms. The van der Waals surface area contributed by atoms with Gasteiger partial charge in [-0.05, 0) is 40.3 Å². The number of alkyl halides is 3. The largest absolute Gasteiger partial charge is 0.497 e. The zero-order chi connectivity index (χ0) is 13.9. The van der Waals surface area contributed by atoms with Crippen LogP contribution in [0.3, 0.4) is 0 Å². The maximum Gasteiger partial charge on any atom is 0.453 e. The highest BCUT2D eigenvalue weighted by Gasteiger charge is 2.27. The first-order valence-corrected chi connectivity index (χ1v) is 6.13. The van der Waals surface area contributed by atoms with E-state index in [2.05, 4.69) is 5.92 Å². The highest BCUT2D eigenvalue weighted by atomic mass is 32.2. The molecule has 2 aromatic carbocycles. The summed E-state index contributed by atoms with van der Waals surface area (Å²) in [7, 11) is 1.58. The highest BCUT2D eigenvalue weighted by molar-refractivity contribution is 8.04. The second kappa shape index (κ2) is 5.45. The predicted octanol–water partition coefficient (Wildman–Crippen LogP) is 4.41. The van der Waals surface area contributed by atoms with Crippen molar-refractivity contribution < 1.29 is 17.9 Å². The predicted molar refractivity (Wildman–Crippen MR) is 71.0 cm³/mol. The molecule has 0 amide bonds. The Bertz CT molecular complexity index is 653. The number of benzene rings is 2. The SMILES string of the molecule is COc1ccc2cc(C#CSC(F)(F)F)ccc2c1. The first-order valence-electron chi connectivity index (χ1n) is 5.31. The molecule has 0 aliphatic carbocycles. The second-order valence-electron chi connectivity index (χ2n) is 3.70. The van der Waals surface area contributed by atoms with Crippen molar-refractivity contribution in [3.05, 3.63) is 42.0 Å². The molecule has 0 spiro atoms. The van der Waals surface area contributed by atoms with Crippen LogP contribution in [-0.4, -0.2) is 12.6 Å². The summed E-state index contributed by atoms with van der Waals surface area (Å²) in [6.45, 7) is 0. The van der Waals surface area contributed by atoms with Crippen molar-refractivity contribution in [2.24, 2.45) is 0 Å². The van der Waals surface area contributed by atoms with E-state index in [0.717, 1.165) is 16.5 Å². The van der Waals surface area contributed by atoms with Gasteiger partial charge in [-0.25, -0.2) is 0 Å². The van der Waals surface area contributed by atoms with Crippen molar-refractivity contribution in [1.82, 2.24) is 0 Å². The van der Waals surface area contributed by atoms with E-state index in [1.807, 2.05) is 17.4 Å². The summed E-state index contributed by atoms with van der Waals surface area (Å²) in [6, 6.07) is 10.7. The van der Waals surface area contributed by atoms with Gasteiger partial charge >= 0.3 is 5.51 Å². The Morgan fingerprint density at radius 2 is 1.74 bits per heavy atom. The summed E-state index contributed by atoms with van der Waals surface area (Å²) in [5.74, 6) is 3.22. The van der Waals surface area contributed by atoms with E-state index in [9.17, 15) is 13.2 Å². The molecule has 0 aromatic heterocycles. The lowest BCUT2D eigenvalue weighted by Crippen LogP contribution is -1.96. The van der Waals surface area contributed by atoms with Crippen molar-refractivity contribution in [1.29, 1.82) is 0 Å². The fourth-order valence-electron chi connectivity index (χ4n) is 1.57. The molecule has 0 bridgehead atoms. The Balaban J connectivity index is 2.27. The van der Waals surface area contributed by atoms with Crippen LogP contribution in [0.4, 0.5) is 13.2 Å². The van der Waals surface area contributed by atoms with Gasteiger partial charge in [-0.15, -0.1) is 0 Å². The van der Waals surface area contributed by atoms with Gasteiger partial charge in [0.2, 0.25) is 0 Å². The number of hydrogen-bond donors (Lipinski definition) is 0. The molecule has 0 saturated carbocycles. The third kappa shape index (κ3) is 3.83. The van der Waals surface area contributed by atoms with Crippen LogP contribution in [-0.2, 0) is 0 Å². The molecule has 0 aliphatic rings. The second-order valence-corrected chi connectivity index (χ2v) is 4.57. The molecule has 0 saturated heterocycles. The average Bonchev–Trinajstić information content (AvgIpc) is 2.36. The molecule has 0 radical (unpaired) electrons. The molecule has 2 aromatic rings. The maximum atomic E-state index is 11.9. The maximum absolute atomic E-state index is 11.9. The van der Waals surface area contributed by atoms with Crippen LogP contribution >= 0.6 is 11.8 Å². The monoisotopic (exact) mass is 282 g/mol. The van der Waals surface area contributed by atoms with Crippen LogP contribution < -0.4 is 4.74 Å². The average molecular weight is 282 g/mol. The Kier molecular flexibility index (Phi) is 3.91. The van der Waals surface area contributed by atoms with Gasteiger partial charge in [0.1, 0.15) is 5.75 Å². The quantitative estimate of drug-likeness (QED) is 0.716. The molecule has 0 aliphatic heterocycles. The summed E-state index contributed by atoms with van der Waals surface area (Å²) < 4.78 is 40.9. The van der Waals surface area contributed by atoms with E-state index in [1.165, 1.54) is 0 Å². The van der Waals surface area contributed by atoms with Gasteiger partial charge in [-0.3, -0.25) is 0 Å². The minimum atomic E-state index is -4.32. The third-order valence-electron chi connectivity index (χ3n) is 2.41. The number of hydrogen-bond acceptors (Lipinski definition) is 2. The highest BCUT2D eigenvalue weighted by Crippen LogP contribution is 2.29. The summed E-state index contributed by atoms with van der Waals surface area (Å²) >= 11 is -0.341. The van der Waals surface area contributed by atoms with Crippen LogP contribution in [0.15, 0.2) is 36.4 Å². The molecule has 0 heterocycles. The normalized spacial score (nSPS) is 10.9. The zero-order valence-corrected chi connectivity index (χ0v) is 10.7. The van der Waals surface area contributed by atoms with Crippen LogP contribution in [0.25, 0.3) is 10.8 Å². The standard InChI is InChI=1S/C14H9F3OS/c1-18-13-5-4-11-8-10(2-3-12(11)9-13)6-7-19-14(15,16)17/h2-5,8-9H,1H3. The lowest BCUT2D eigenvalue weighted by molar-refractivity contribution is -0.0318. The van der Waals surface area contributed by atoms with E-state index < -0.39 is 5.51 Å². The fourth-order valence-corrected chi connectivity index (χ4v) is 1.86. The van der Waals surface area contributed by atoms with Crippen LogP contribution in [0.5, 0.6) is 5.75 Å². The number of thioether (sulfide) groups is 1. The van der Waals surface area contributed by atoms with Gasteiger partial charge in [0, 0.05) is 17.3 Å². The number of fused-ring (bicyclic) bond motifs is 1. The fraction of sp³-hybridized carbons (Fsp3) is 0.143. The Hall–Kier alpha value is -1.80. The molecule has 0 unspecified atom stereocenters. The van der Waals surface area contributed by atoms with Crippen molar-refractivity contribution >= 4 is 22.5 Å². The number of halogens is 3. The zero-order valence-electron chi connectivity index (χ0n) is 9.91. The Morgan fingerprint density at radius 3 is 2.42 bits per heavy atom. The van der Waals surface area contributed by atoms with Crippen molar-refractivity contribution in [2.75, 3.05) is 7.11 Å². The molecule has 98 valence electrons. The van der Waals surface area contributed by atoms with Gasteiger partial charge in [0.25, 0.3) is 0 Å². The molecule has 5 heteroatoms. The van der Waals surface area contributed by atoms with E-state index >= 15 is 0 Å². The molecule has 2 rings (SSSR count). The van der Waals surface area contributed by atoms with Crippen LogP contribution in [0.2, 0.25) is 0 Å². The summed E-state index contributed by atoms with van der Waals surface area (Å²) in [5.41, 5.74) is -3.77. The van der Waals surface area contributed by atoms with Crippen molar-refractivity contribution in [3.8, 4) is 16.9 Å². The van der Waals surface area contributed by atoms with Crippen molar-refractivity contribution in [3.63, 3.8) is 0 Å². The smallest absolute Gasteiger partial charge is 0.453 e. The lowest BCUT2D eigenvalue weighted by Gasteiger charge is -2.02. The van der Waals surface area contributed by atoms with Crippen LogP contribution in [0, 0.1) is 11.2 Å². The van der Waals surface area contributed by atoms with Gasteiger partial charge in [0.15, 0.2) is 0 Å². The summed E-state index contributed by atoms with van der Waals surface area (Å²) in [6.07, 6.45) is 0. The van der Waals surface area contributed by atoms with E-state index in [4.69, 9.17) is 4.74 Å². The van der Waals surface area contributed by atoms with Crippen molar-refractivity contribution in [2.45, 2.75) is 5.51 Å². The minimum absolute atomic E-state index is 0.341. The minimum Gasteiger partial charge on any atom is -0.497 e. The van der Waals surface area contributed by atoms with Gasteiger partial charge in [-0.1, -0.05) is 18.1 Å². The topological polar surface area (TPSA) is 9.23 Å². The van der Waals surface area contributed by atoms with E-state index in [-0.39, 0.29) is 11.8 Å². The summed E-state index contributed by atoms with van der Waals surface area (Å²) in [4.78, 5) is 0. The molecular weight excluding hydrogens is 273 g/mol. The van der Waals surface area contributed by atoms with E-state index in [1.54, 1.807) is 31.4 Å². The molecule has 0 fully saturated rings. The number of rotatable bonds is 1. The number of methoxy groups -OCH3 is 1. The molecule has 0 atom stereocenters. The van der Waals surface area contributed by atoms with Crippen LogP contribution in [0.1, 0.15) is 5.56 Å². The van der Waals surface area contributed by atoms with Gasteiger partial charge in [-0.2, -0.15) is 13.2 Å².